The summed E-state index contributed by atoms with van der Waals surface area (Å²) in [5.41, 5.74) is 9.67. The first kappa shape index (κ1) is 21.8. The minimum atomic E-state index is -3.81. The quantitative estimate of drug-likeness (QED) is 0.432. The van der Waals surface area contributed by atoms with E-state index in [0.29, 0.717) is 38.5 Å². The van der Waals surface area contributed by atoms with Crippen molar-refractivity contribution in [1.29, 1.82) is 0 Å². The normalized spacial score (nSPS) is 11.3. The molecule has 0 aliphatic rings. The summed E-state index contributed by atoms with van der Waals surface area (Å²) in [6, 6.07) is 16.3. The molecule has 0 fully saturated rings. The van der Waals surface area contributed by atoms with Crippen LogP contribution in [0.5, 0.6) is 0 Å². The molecule has 156 valence electrons. The second kappa shape index (κ2) is 8.85. The lowest BCUT2D eigenvalue weighted by atomic mass is 9.95. The number of rotatable bonds is 6. The Morgan fingerprint density at radius 1 is 0.967 bits per heavy atom. The molecule has 0 aromatic heterocycles. The average Bonchev–Trinajstić information content (AvgIpc) is 2.71. The number of benzene rings is 3. The Labute approximate surface area is 179 Å². The maximum absolute atomic E-state index is 12.5. The standard InChI is InChI=1S/C21H20ClN3O4S/c22-17-3-6-19(20(23)12-17)15-9-14(10-16(11-15)21(27)25-7-8-26)13-1-4-18(5-2-13)30(24,28)29/h1-6,9-12,26H,7-8,23H2,(H,25,27)(H2,24,28,29). The van der Waals surface area contributed by atoms with Crippen LogP contribution < -0.4 is 16.2 Å². The summed E-state index contributed by atoms with van der Waals surface area (Å²) < 4.78 is 23.0. The Kier molecular flexibility index (Phi) is 6.42. The number of halogens is 1. The Morgan fingerprint density at radius 2 is 1.63 bits per heavy atom. The Morgan fingerprint density at radius 3 is 2.23 bits per heavy atom. The number of nitrogens with two attached hydrogens (primary N) is 2. The van der Waals surface area contributed by atoms with Gasteiger partial charge in [0.25, 0.3) is 5.91 Å². The first-order valence-electron chi connectivity index (χ1n) is 8.92. The van der Waals surface area contributed by atoms with Crippen LogP contribution in [-0.2, 0) is 10.0 Å². The lowest BCUT2D eigenvalue weighted by Gasteiger charge is -2.13. The van der Waals surface area contributed by atoms with Gasteiger partial charge in [-0.05, 0) is 59.2 Å². The fourth-order valence-electron chi connectivity index (χ4n) is 2.99. The van der Waals surface area contributed by atoms with E-state index in [9.17, 15) is 13.2 Å². The molecule has 9 heteroatoms. The van der Waals surface area contributed by atoms with Crippen molar-refractivity contribution in [2.75, 3.05) is 18.9 Å². The van der Waals surface area contributed by atoms with E-state index in [1.807, 2.05) is 6.07 Å². The van der Waals surface area contributed by atoms with Crippen molar-refractivity contribution >= 4 is 33.2 Å². The molecule has 30 heavy (non-hydrogen) atoms. The predicted octanol–water partition coefficient (Wildman–Crippen LogP) is 2.63. The molecule has 0 heterocycles. The van der Waals surface area contributed by atoms with Gasteiger partial charge in [0.1, 0.15) is 0 Å². The van der Waals surface area contributed by atoms with E-state index in [4.69, 9.17) is 27.6 Å². The summed E-state index contributed by atoms with van der Waals surface area (Å²) >= 11 is 6.00. The number of amides is 1. The van der Waals surface area contributed by atoms with Crippen LogP contribution >= 0.6 is 11.6 Å². The number of hydrogen-bond donors (Lipinski definition) is 4. The summed E-state index contributed by atoms with van der Waals surface area (Å²) in [6.07, 6.45) is 0. The number of aliphatic hydroxyl groups is 1. The van der Waals surface area contributed by atoms with Gasteiger partial charge in [-0.2, -0.15) is 0 Å². The van der Waals surface area contributed by atoms with Gasteiger partial charge in [0.15, 0.2) is 0 Å². The van der Waals surface area contributed by atoms with Gasteiger partial charge in [0.2, 0.25) is 10.0 Å². The van der Waals surface area contributed by atoms with Gasteiger partial charge < -0.3 is 16.2 Å². The largest absolute Gasteiger partial charge is 0.398 e. The maximum atomic E-state index is 12.5. The molecule has 0 bridgehead atoms. The minimum Gasteiger partial charge on any atom is -0.398 e. The van der Waals surface area contributed by atoms with Crippen molar-refractivity contribution in [3.05, 3.63) is 71.2 Å². The molecular formula is C21H20ClN3O4S. The number of sulfonamides is 1. The van der Waals surface area contributed by atoms with Crippen LogP contribution in [-0.4, -0.2) is 32.6 Å². The van der Waals surface area contributed by atoms with Gasteiger partial charge >= 0.3 is 0 Å². The van der Waals surface area contributed by atoms with Crippen LogP contribution in [0.4, 0.5) is 5.69 Å². The zero-order valence-corrected chi connectivity index (χ0v) is 17.4. The van der Waals surface area contributed by atoms with E-state index >= 15 is 0 Å². The number of carbonyl (C=O) groups is 1. The number of primary sulfonamides is 1. The van der Waals surface area contributed by atoms with Gasteiger partial charge in [-0.3, -0.25) is 4.79 Å². The molecule has 0 aliphatic heterocycles. The van der Waals surface area contributed by atoms with Crippen LogP contribution in [0.3, 0.4) is 0 Å². The molecule has 1 amide bonds. The average molecular weight is 446 g/mol. The van der Waals surface area contributed by atoms with E-state index in [0.717, 1.165) is 0 Å². The zero-order chi connectivity index (χ0) is 21.9. The number of hydrogen-bond acceptors (Lipinski definition) is 5. The topological polar surface area (TPSA) is 136 Å². The molecule has 0 atom stereocenters. The van der Waals surface area contributed by atoms with Crippen LogP contribution in [0, 0.1) is 0 Å². The second-order valence-electron chi connectivity index (χ2n) is 6.58. The van der Waals surface area contributed by atoms with Crippen LogP contribution in [0.25, 0.3) is 22.3 Å². The van der Waals surface area contributed by atoms with Gasteiger partial charge in [-0.1, -0.05) is 29.8 Å². The van der Waals surface area contributed by atoms with Crippen molar-refractivity contribution in [1.82, 2.24) is 5.32 Å². The summed E-state index contributed by atoms with van der Waals surface area (Å²) in [6.45, 7) is -0.0675. The second-order valence-corrected chi connectivity index (χ2v) is 8.58. The SMILES string of the molecule is Nc1cc(Cl)ccc1-c1cc(C(=O)NCCO)cc(-c2ccc(S(N)(=O)=O)cc2)c1. The van der Waals surface area contributed by atoms with E-state index in [-0.39, 0.29) is 24.0 Å². The highest BCUT2D eigenvalue weighted by Gasteiger charge is 2.14. The summed E-state index contributed by atoms with van der Waals surface area (Å²) in [4.78, 5) is 12.5. The van der Waals surface area contributed by atoms with Gasteiger partial charge in [0, 0.05) is 28.4 Å². The molecule has 3 aromatic carbocycles. The van der Waals surface area contributed by atoms with Crippen molar-refractivity contribution < 1.29 is 18.3 Å². The number of carbonyl (C=O) groups excluding carboxylic acids is 1. The minimum absolute atomic E-state index is 0.00902. The van der Waals surface area contributed by atoms with Crippen LogP contribution in [0.2, 0.25) is 5.02 Å². The molecule has 0 spiro atoms. The summed E-state index contributed by atoms with van der Waals surface area (Å²) in [5.74, 6) is -0.360. The highest BCUT2D eigenvalue weighted by molar-refractivity contribution is 7.89. The van der Waals surface area contributed by atoms with E-state index in [1.165, 1.54) is 12.1 Å². The fourth-order valence-corrected chi connectivity index (χ4v) is 3.68. The highest BCUT2D eigenvalue weighted by atomic mass is 35.5. The molecule has 6 N–H and O–H groups in total. The van der Waals surface area contributed by atoms with E-state index < -0.39 is 10.0 Å². The third-order valence-corrected chi connectivity index (χ3v) is 5.60. The molecule has 7 nitrogen and oxygen atoms in total. The summed E-state index contributed by atoms with van der Waals surface area (Å²) in [7, 11) is -3.81. The molecule has 0 saturated heterocycles. The lowest BCUT2D eigenvalue weighted by molar-refractivity contribution is 0.0945. The smallest absolute Gasteiger partial charge is 0.251 e. The van der Waals surface area contributed by atoms with Crippen molar-refractivity contribution in [2.45, 2.75) is 4.90 Å². The molecule has 3 aromatic rings. The highest BCUT2D eigenvalue weighted by Crippen LogP contribution is 2.33. The Hall–Kier alpha value is -2.91. The molecule has 0 unspecified atom stereocenters. The number of anilines is 1. The van der Waals surface area contributed by atoms with E-state index in [2.05, 4.69) is 5.32 Å². The Balaban J connectivity index is 2.13. The zero-order valence-electron chi connectivity index (χ0n) is 15.8. The monoisotopic (exact) mass is 445 g/mol. The van der Waals surface area contributed by atoms with Crippen molar-refractivity contribution in [3.8, 4) is 22.3 Å². The van der Waals surface area contributed by atoms with Crippen LogP contribution in [0.1, 0.15) is 10.4 Å². The van der Waals surface area contributed by atoms with Crippen molar-refractivity contribution in [3.63, 3.8) is 0 Å². The Bertz CT molecular complexity index is 1200. The molecular weight excluding hydrogens is 426 g/mol. The van der Waals surface area contributed by atoms with Crippen molar-refractivity contribution in [2.24, 2.45) is 5.14 Å². The van der Waals surface area contributed by atoms with E-state index in [1.54, 1.807) is 42.5 Å². The number of aliphatic hydroxyl groups excluding tert-OH is 1. The fraction of sp³-hybridized carbons (Fsp3) is 0.0952. The van der Waals surface area contributed by atoms with Gasteiger partial charge in [-0.25, -0.2) is 13.6 Å². The maximum Gasteiger partial charge on any atom is 0.251 e. The first-order valence-corrected chi connectivity index (χ1v) is 10.8. The predicted molar refractivity (Wildman–Crippen MR) is 118 cm³/mol. The number of nitrogens with one attached hydrogen (secondary N) is 1. The molecule has 3 rings (SSSR count). The summed E-state index contributed by atoms with van der Waals surface area (Å²) in [5, 5.41) is 17.3. The van der Waals surface area contributed by atoms with Gasteiger partial charge in [-0.15, -0.1) is 0 Å². The van der Waals surface area contributed by atoms with Gasteiger partial charge in [0.05, 0.1) is 11.5 Å². The van der Waals surface area contributed by atoms with Crippen LogP contribution in [0.15, 0.2) is 65.6 Å². The third-order valence-electron chi connectivity index (χ3n) is 4.43. The first-order chi connectivity index (χ1) is 14.2. The number of nitrogen functional groups attached to an aromatic ring is 1. The molecule has 0 radical (unpaired) electrons. The molecule has 0 aliphatic carbocycles. The molecule has 0 saturated carbocycles. The lowest BCUT2D eigenvalue weighted by Crippen LogP contribution is -2.26. The third kappa shape index (κ3) is 4.98.